The molecule has 2 aromatic rings. The molecule has 1 unspecified atom stereocenters. The molecule has 0 bridgehead atoms. The van der Waals surface area contributed by atoms with E-state index in [2.05, 4.69) is 4.98 Å². The lowest BCUT2D eigenvalue weighted by atomic mass is 10.1. The van der Waals surface area contributed by atoms with Gasteiger partial charge in [-0.1, -0.05) is 25.3 Å². The largest absolute Gasteiger partial charge is 0.382 e. The molecule has 0 radical (unpaired) electrons. The fraction of sp³-hybridized carbons (Fsp3) is 0.500. The van der Waals surface area contributed by atoms with Crippen molar-refractivity contribution in [3.05, 3.63) is 35.4 Å². The third-order valence-corrected chi connectivity index (χ3v) is 2.33. The molecule has 1 atom stereocenters. The van der Waals surface area contributed by atoms with Crippen LogP contribution in [0.15, 0.2) is 30.3 Å². The molecule has 0 amide bonds. The monoisotopic (exact) mass is 371 g/mol. The predicted molar refractivity (Wildman–Crippen MR) is 96.9 cm³/mol. The summed E-state index contributed by atoms with van der Waals surface area (Å²) >= 11 is 5.87. The highest BCUT2D eigenvalue weighted by atomic mass is 35.5. The van der Waals surface area contributed by atoms with E-state index >= 15 is 0 Å². The minimum atomic E-state index is -4.91. The molecule has 0 saturated heterocycles. The summed E-state index contributed by atoms with van der Waals surface area (Å²) in [6, 6.07) is -8.92. The van der Waals surface area contributed by atoms with Crippen LogP contribution in [0.25, 0.3) is 10.9 Å². The van der Waals surface area contributed by atoms with E-state index in [1.807, 2.05) is 0 Å². The molecule has 1 aromatic carbocycles. The fourth-order valence-corrected chi connectivity index (χ4v) is 1.42. The van der Waals surface area contributed by atoms with Gasteiger partial charge in [-0.3, -0.25) is 4.98 Å². The first kappa shape index (κ1) is 3.52. The number of rotatable bonds is 8. The topological polar surface area (TPSA) is 28.2 Å². The van der Waals surface area contributed by atoms with Gasteiger partial charge in [0.2, 0.25) is 0 Å². The smallest absolute Gasteiger partial charge is 0.160 e. The molecule has 0 fully saturated rings. The average molecular weight is 372 g/mol. The van der Waals surface area contributed by atoms with Gasteiger partial charge in [-0.15, -0.1) is 0 Å². The maximum Gasteiger partial charge on any atom is 0.160 e. The van der Waals surface area contributed by atoms with Gasteiger partial charge >= 0.3 is 0 Å². The van der Waals surface area contributed by atoms with Gasteiger partial charge in [0.15, 0.2) is 1.41 Å². The Morgan fingerprint density at radius 2 is 2.36 bits per heavy atom. The molecule has 22 heavy (non-hydrogen) atoms. The number of anilines is 1. The first-order valence-corrected chi connectivity index (χ1v) is 5.88. The van der Waals surface area contributed by atoms with E-state index < -0.39 is 121 Å². The zero-order valence-electron chi connectivity index (χ0n) is 36.7. The Balaban J connectivity index is 3.18. The van der Waals surface area contributed by atoms with Gasteiger partial charge in [0.05, 0.1) is 13.7 Å². The van der Waals surface area contributed by atoms with Gasteiger partial charge in [-0.05, 0) is 63.3 Å². The van der Waals surface area contributed by atoms with Crippen LogP contribution in [0.3, 0.4) is 0 Å². The Morgan fingerprint density at radius 3 is 3.14 bits per heavy atom. The zero-order chi connectivity index (χ0) is 38.6. The Bertz CT molecular complexity index is 1550. The number of benzene rings is 1. The molecule has 1 aromatic heterocycles. The molecule has 4 heteroatoms. The molecule has 0 spiro atoms. The normalized spacial score (nSPS) is 36.5. The average Bonchev–Trinajstić information content (AvgIpc) is 2.88. The summed E-state index contributed by atoms with van der Waals surface area (Å²) in [5.74, 6) is 0. The van der Waals surface area contributed by atoms with Crippen LogP contribution in [0.2, 0.25) is 6.43 Å². The number of nitrogens with zero attached hydrogens (tertiary/aromatic N) is 2. The number of hydrogen-bond acceptors (Lipinski definition) is 3. The summed E-state index contributed by atoms with van der Waals surface area (Å²) in [5, 5.41) is -2.51. The molecule has 3 nitrogen and oxygen atoms in total. The van der Waals surface area contributed by atoms with Crippen molar-refractivity contribution < 1.29 is 35.7 Å². The SMILES string of the molecule is [3H]c1nc2c([3H])c(Cl)c([3H])c([3H])c2c(N([3H])C([3H])(C([3H])([3H])[3H])C([3H])([3H])C([3H])([3H])C([3H])([3H])N(C([3H])([3H])C([3H])([3H])[3H])C([3H])([3H])C([3H])([3H])[3H])c1[3H]. The Kier molecular flexibility index (Phi) is 1.34. The van der Waals surface area contributed by atoms with Crippen LogP contribution in [-0.4, -0.2) is 35.4 Å². The van der Waals surface area contributed by atoms with E-state index in [0.29, 0.717) is 0 Å². The van der Waals surface area contributed by atoms with E-state index in [-0.39, 0.29) is 0 Å². The van der Waals surface area contributed by atoms with Gasteiger partial charge in [0.1, 0.15) is 0 Å². The first-order chi connectivity index (χ1) is 20.8. The molecule has 0 aliphatic carbocycles. The Morgan fingerprint density at radius 1 is 1.50 bits per heavy atom. The third kappa shape index (κ3) is 4.59. The van der Waals surface area contributed by atoms with Crippen molar-refractivity contribution in [1.82, 2.24) is 9.88 Å². The van der Waals surface area contributed by atoms with Crippen LogP contribution in [0.5, 0.6) is 0 Å². The highest BCUT2D eigenvalue weighted by Crippen LogP contribution is 2.25. The summed E-state index contributed by atoms with van der Waals surface area (Å²) in [7, 11) is 0. The maximum absolute atomic E-state index is 8.83. The lowest BCUT2D eigenvalue weighted by Gasteiger charge is -2.20. The van der Waals surface area contributed by atoms with E-state index in [9.17, 15) is 0 Å². The maximum atomic E-state index is 8.83. The molecule has 1 N–H and O–H groups in total. The van der Waals surface area contributed by atoms with Crippen molar-refractivity contribution in [2.45, 2.75) is 39.3 Å². The van der Waals surface area contributed by atoms with Crippen molar-refractivity contribution in [3.8, 4) is 0 Å². The second-order valence-corrected chi connectivity index (χ2v) is 3.87. The highest BCUT2D eigenvalue weighted by molar-refractivity contribution is 6.31. The third-order valence-electron chi connectivity index (χ3n) is 2.14. The van der Waals surface area contributed by atoms with Crippen LogP contribution < -0.4 is 5.31 Å². The number of hydrogen-bond donors (Lipinski definition) is 1. The molecule has 2 rings (SSSR count). The van der Waals surface area contributed by atoms with Gasteiger partial charge in [-0.2, -0.15) is 0 Å². The zero-order valence-corrected chi connectivity index (χ0v) is 11.5. The molecule has 120 valence electrons. The lowest BCUT2D eigenvalue weighted by molar-refractivity contribution is 0.295. The van der Waals surface area contributed by atoms with Crippen LogP contribution in [-0.2, 0) is 0 Å². The van der Waals surface area contributed by atoms with Crippen LogP contribution >= 0.6 is 11.6 Å². The van der Waals surface area contributed by atoms with Crippen LogP contribution in [0.1, 0.15) is 67.6 Å². The summed E-state index contributed by atoms with van der Waals surface area (Å²) in [6.07, 6.45) is -10.9. The second-order valence-electron chi connectivity index (χ2n) is 3.49. The molecule has 1 heterocycles. The minimum absolute atomic E-state index is 0.737. The highest BCUT2D eigenvalue weighted by Gasteiger charge is 2.07. The second kappa shape index (κ2) is 8.35. The number of nitrogens with one attached hydrogen (secondary N) is 1. The Hall–Kier alpha value is -1.32. The van der Waals surface area contributed by atoms with Crippen molar-refractivity contribution in [2.24, 2.45) is 0 Å². The summed E-state index contributed by atoms with van der Waals surface area (Å²) in [4.78, 5) is 2.28. The molecular formula is C18H26ClN3. The van der Waals surface area contributed by atoms with Crippen molar-refractivity contribution in [3.63, 3.8) is 0 Å². The predicted octanol–water partition coefficient (Wildman–Crippen LogP) is 4.81. The van der Waals surface area contributed by atoms with E-state index in [1.54, 1.807) is 0 Å². The summed E-state index contributed by atoms with van der Waals surface area (Å²) in [6.45, 7) is -26.7. The first-order valence-electron chi connectivity index (χ1n) is 18.5. The summed E-state index contributed by atoms with van der Waals surface area (Å²) in [5.41, 5.74) is -2.24. The van der Waals surface area contributed by atoms with Crippen molar-refractivity contribution >= 4 is 28.2 Å². The number of fused-ring (bicyclic) bond motifs is 1. The Labute approximate surface area is 175 Å². The van der Waals surface area contributed by atoms with E-state index in [1.165, 1.54) is 0 Å². The fourth-order valence-electron chi connectivity index (χ4n) is 1.28. The molecule has 0 saturated carbocycles. The van der Waals surface area contributed by atoms with Gasteiger partial charge in [0.25, 0.3) is 0 Å². The van der Waals surface area contributed by atoms with Gasteiger partial charge in [-0.25, -0.2) is 0 Å². The van der Waals surface area contributed by atoms with E-state index in [0.717, 1.165) is 0 Å². The quantitative estimate of drug-likeness (QED) is 0.721. The number of pyridine rings is 1. The molecule has 0 aliphatic rings. The van der Waals surface area contributed by atoms with Crippen LogP contribution in [0.4, 0.5) is 5.69 Å². The standard InChI is InChI=1S/C18H26ClN3/c1-4-22(5-2)12-6-7-14(3)21-17-10-11-20-18-13-15(19)8-9-16(17)18/h8-11,13-14H,4-7,12H2,1-3H3,(H,20,21)/i1T3,2T3,3T3,4T2,5T2,6T2,7T2,8T,9T,10T,11T,12T2,13T,14T/hT. The van der Waals surface area contributed by atoms with Gasteiger partial charge in [0, 0.05) is 54.3 Å². The molecule has 0 aliphatic heterocycles. The summed E-state index contributed by atoms with van der Waals surface area (Å²) < 4.78 is 210. The number of aromatic nitrogens is 1. The van der Waals surface area contributed by atoms with Crippen molar-refractivity contribution in [2.75, 3.05) is 24.8 Å². The van der Waals surface area contributed by atoms with Crippen molar-refractivity contribution in [1.29, 1.82) is 0 Å². The van der Waals surface area contributed by atoms with E-state index in [4.69, 9.17) is 47.3 Å². The number of halogens is 1. The van der Waals surface area contributed by atoms with Gasteiger partial charge < -0.3 is 10.2 Å². The molecular weight excluding hydrogens is 294 g/mol. The van der Waals surface area contributed by atoms with Crippen LogP contribution in [0, 0.1) is 0 Å². The minimum Gasteiger partial charge on any atom is -0.382 e. The lowest BCUT2D eigenvalue weighted by Crippen LogP contribution is -2.25.